The number of halogens is 3. The summed E-state index contributed by atoms with van der Waals surface area (Å²) in [6.07, 6.45) is -2.51. The van der Waals surface area contributed by atoms with Gasteiger partial charge < -0.3 is 5.11 Å². The van der Waals surface area contributed by atoms with Crippen LogP contribution in [-0.2, 0) is 26.2 Å². The van der Waals surface area contributed by atoms with Crippen LogP contribution in [0.25, 0.3) is 0 Å². The number of piperidine rings is 1. The van der Waals surface area contributed by atoms with Crippen LogP contribution in [-0.4, -0.2) is 45.3 Å². The first-order valence-electron chi connectivity index (χ1n) is 9.39. The maximum absolute atomic E-state index is 13.0. The molecule has 0 aromatic heterocycles. The Morgan fingerprint density at radius 1 is 0.906 bits per heavy atom. The molecule has 1 aliphatic heterocycles. The zero-order chi connectivity index (χ0) is 23.7. The first-order chi connectivity index (χ1) is 14.8. The molecule has 0 spiro atoms. The number of anilines is 1. The van der Waals surface area contributed by atoms with Gasteiger partial charge in [0, 0.05) is 13.1 Å². The minimum atomic E-state index is -4.89. The van der Waals surface area contributed by atoms with Crippen molar-refractivity contribution >= 4 is 31.7 Å². The maximum Gasteiger partial charge on any atom is 0.416 e. The van der Waals surface area contributed by atoms with E-state index in [1.165, 1.54) is 4.31 Å². The summed E-state index contributed by atoms with van der Waals surface area (Å²) >= 11 is 0. The molecule has 2 aromatic carbocycles. The van der Waals surface area contributed by atoms with Crippen molar-refractivity contribution in [2.24, 2.45) is 0 Å². The van der Waals surface area contributed by atoms with Crippen LogP contribution in [0.3, 0.4) is 0 Å². The second-order valence-electron chi connectivity index (χ2n) is 7.14. The summed E-state index contributed by atoms with van der Waals surface area (Å²) in [5, 5.41) is 9.02. The van der Waals surface area contributed by atoms with E-state index in [4.69, 9.17) is 5.11 Å². The molecule has 0 unspecified atom stereocenters. The Bertz CT molecular complexity index is 1220. The van der Waals surface area contributed by atoms with Crippen molar-refractivity contribution < 1.29 is 39.9 Å². The lowest BCUT2D eigenvalue weighted by Crippen LogP contribution is -2.35. The molecule has 0 aliphatic carbocycles. The Morgan fingerprint density at radius 2 is 1.47 bits per heavy atom. The number of sulfonamides is 2. The lowest BCUT2D eigenvalue weighted by atomic mass is 10.1. The van der Waals surface area contributed by atoms with Crippen molar-refractivity contribution in [3.05, 3.63) is 53.6 Å². The van der Waals surface area contributed by atoms with Crippen LogP contribution in [0, 0.1) is 0 Å². The molecular weight excluding hydrogens is 473 g/mol. The highest BCUT2D eigenvalue weighted by Crippen LogP contribution is 2.33. The second-order valence-corrected chi connectivity index (χ2v) is 10.8. The van der Waals surface area contributed by atoms with Crippen LogP contribution >= 0.6 is 0 Å². The molecule has 2 aromatic rings. The number of carboxylic acids is 1. The fraction of sp³-hybridized carbons (Fsp3) is 0.316. The molecule has 1 saturated heterocycles. The maximum atomic E-state index is 13.0. The zero-order valence-electron chi connectivity index (χ0n) is 16.5. The summed E-state index contributed by atoms with van der Waals surface area (Å²) in [6.45, 7) is 0.733. The van der Waals surface area contributed by atoms with Gasteiger partial charge >= 0.3 is 12.1 Å². The van der Waals surface area contributed by atoms with Crippen molar-refractivity contribution in [2.45, 2.75) is 35.2 Å². The molecule has 0 bridgehead atoms. The molecule has 3 rings (SSSR count). The monoisotopic (exact) mass is 492 g/mol. The Hall–Kier alpha value is -2.64. The van der Waals surface area contributed by atoms with E-state index >= 15 is 0 Å². The topological polar surface area (TPSA) is 121 Å². The van der Waals surface area contributed by atoms with Crippen LogP contribution in [0.1, 0.15) is 35.2 Å². The van der Waals surface area contributed by atoms with E-state index < -0.39 is 53.9 Å². The van der Waals surface area contributed by atoms with Crippen molar-refractivity contribution in [1.82, 2.24) is 4.31 Å². The van der Waals surface area contributed by atoms with Gasteiger partial charge in [-0.3, -0.25) is 4.72 Å². The molecular formula is C19H19F3N2O6S2. The minimum absolute atomic E-state index is 0.106. The smallest absolute Gasteiger partial charge is 0.416 e. The number of rotatable bonds is 6. The molecule has 2 N–H and O–H groups in total. The fourth-order valence-corrected chi connectivity index (χ4v) is 5.79. The summed E-state index contributed by atoms with van der Waals surface area (Å²) in [7, 11) is -8.22. The van der Waals surface area contributed by atoms with Gasteiger partial charge in [0.05, 0.1) is 26.6 Å². The molecule has 174 valence electrons. The molecule has 0 saturated carbocycles. The van der Waals surface area contributed by atoms with Crippen molar-refractivity contribution in [3.63, 3.8) is 0 Å². The normalized spacial score (nSPS) is 16.0. The number of nitrogens with one attached hydrogen (secondary N) is 1. The van der Waals surface area contributed by atoms with Crippen LogP contribution < -0.4 is 4.72 Å². The Labute approximate surface area is 182 Å². The predicted octanol–water partition coefficient (Wildman–Crippen LogP) is 3.38. The van der Waals surface area contributed by atoms with Gasteiger partial charge in [-0.15, -0.1) is 0 Å². The standard InChI is InChI=1S/C19H19F3N2O6S2/c20-19(21,22)14-10-13(18(25)26)11-15(12-14)23-31(27,28)16-4-6-17(7-5-16)32(29,30)24-8-2-1-3-9-24/h4-7,10-12,23H,1-3,8-9H2,(H,25,26). The largest absolute Gasteiger partial charge is 0.478 e. The highest BCUT2D eigenvalue weighted by Gasteiger charge is 2.32. The Balaban J connectivity index is 1.89. The Kier molecular flexibility index (Phi) is 6.54. The molecule has 13 heteroatoms. The second kappa shape index (κ2) is 8.71. The summed E-state index contributed by atoms with van der Waals surface area (Å²) in [6, 6.07) is 5.86. The van der Waals surface area contributed by atoms with Crippen molar-refractivity contribution in [3.8, 4) is 0 Å². The number of aromatic carboxylic acids is 1. The first kappa shape index (κ1) is 24.0. The highest BCUT2D eigenvalue weighted by molar-refractivity contribution is 7.92. The first-order valence-corrected chi connectivity index (χ1v) is 12.3. The van der Waals surface area contributed by atoms with E-state index in [2.05, 4.69) is 0 Å². The average Bonchev–Trinajstić information content (AvgIpc) is 2.73. The minimum Gasteiger partial charge on any atom is -0.478 e. The van der Waals surface area contributed by atoms with E-state index in [1.54, 1.807) is 0 Å². The number of hydrogen-bond donors (Lipinski definition) is 2. The van der Waals surface area contributed by atoms with Crippen molar-refractivity contribution in [1.29, 1.82) is 0 Å². The number of hydrogen-bond acceptors (Lipinski definition) is 5. The number of alkyl halides is 3. The fourth-order valence-electron chi connectivity index (χ4n) is 3.23. The number of benzene rings is 2. The molecule has 0 atom stereocenters. The predicted molar refractivity (Wildman–Crippen MR) is 108 cm³/mol. The van der Waals surface area contributed by atoms with Gasteiger partial charge in [-0.2, -0.15) is 17.5 Å². The molecule has 1 fully saturated rings. The number of carboxylic acid groups (broad SMARTS) is 1. The van der Waals surface area contributed by atoms with Crippen LogP contribution in [0.4, 0.5) is 18.9 Å². The summed E-state index contributed by atoms with van der Waals surface area (Å²) < 4.78 is 92.9. The van der Waals surface area contributed by atoms with E-state index in [0.717, 1.165) is 49.6 Å². The Morgan fingerprint density at radius 3 is 2.00 bits per heavy atom. The van der Waals surface area contributed by atoms with Gasteiger partial charge in [0.1, 0.15) is 0 Å². The van der Waals surface area contributed by atoms with Gasteiger partial charge in [-0.25, -0.2) is 21.6 Å². The molecule has 0 radical (unpaired) electrons. The third-order valence-electron chi connectivity index (χ3n) is 4.85. The number of nitrogens with zero attached hydrogens (tertiary/aromatic N) is 1. The zero-order valence-corrected chi connectivity index (χ0v) is 18.1. The van der Waals surface area contributed by atoms with Crippen LogP contribution in [0.15, 0.2) is 52.3 Å². The van der Waals surface area contributed by atoms with E-state index in [-0.39, 0.29) is 4.90 Å². The van der Waals surface area contributed by atoms with Gasteiger partial charge in [0.25, 0.3) is 10.0 Å². The van der Waals surface area contributed by atoms with E-state index in [9.17, 15) is 34.8 Å². The summed E-state index contributed by atoms with van der Waals surface area (Å²) in [4.78, 5) is 10.6. The third-order valence-corrected chi connectivity index (χ3v) is 8.16. The molecule has 8 nitrogen and oxygen atoms in total. The quantitative estimate of drug-likeness (QED) is 0.638. The molecule has 1 heterocycles. The summed E-state index contributed by atoms with van der Waals surface area (Å²) in [5.41, 5.74) is -2.68. The van der Waals surface area contributed by atoms with Gasteiger partial charge in [0.2, 0.25) is 10.0 Å². The van der Waals surface area contributed by atoms with Crippen LogP contribution in [0.2, 0.25) is 0 Å². The van der Waals surface area contributed by atoms with Crippen LogP contribution in [0.5, 0.6) is 0 Å². The van der Waals surface area contributed by atoms with E-state index in [1.807, 2.05) is 4.72 Å². The van der Waals surface area contributed by atoms with Gasteiger partial charge in [-0.1, -0.05) is 6.42 Å². The lowest BCUT2D eigenvalue weighted by molar-refractivity contribution is -0.137. The number of carbonyl (C=O) groups is 1. The van der Waals surface area contributed by atoms with E-state index in [0.29, 0.717) is 25.2 Å². The SMILES string of the molecule is O=C(O)c1cc(NS(=O)(=O)c2ccc(S(=O)(=O)N3CCCCC3)cc2)cc(C(F)(F)F)c1. The lowest BCUT2D eigenvalue weighted by Gasteiger charge is -2.25. The van der Waals surface area contributed by atoms with Crippen molar-refractivity contribution in [2.75, 3.05) is 17.8 Å². The van der Waals surface area contributed by atoms with Gasteiger partial charge in [-0.05, 0) is 55.3 Å². The highest BCUT2D eigenvalue weighted by atomic mass is 32.2. The molecule has 32 heavy (non-hydrogen) atoms. The summed E-state index contributed by atoms with van der Waals surface area (Å²) in [5.74, 6) is -1.66. The third kappa shape index (κ3) is 5.22. The molecule has 1 aliphatic rings. The molecule has 0 amide bonds. The average molecular weight is 492 g/mol. The van der Waals surface area contributed by atoms with Gasteiger partial charge in [0.15, 0.2) is 0 Å².